The summed E-state index contributed by atoms with van der Waals surface area (Å²) in [5.41, 5.74) is 0.452. The van der Waals surface area contributed by atoms with Gasteiger partial charge in [-0.05, 0) is 53.6 Å². The van der Waals surface area contributed by atoms with Crippen LogP contribution in [0, 0.1) is 0 Å². The van der Waals surface area contributed by atoms with E-state index in [2.05, 4.69) is 15.5 Å². The topological polar surface area (TPSA) is 88.2 Å². The Morgan fingerprint density at radius 1 is 1.08 bits per heavy atom. The van der Waals surface area contributed by atoms with Gasteiger partial charge in [0.05, 0.1) is 11.5 Å². The summed E-state index contributed by atoms with van der Waals surface area (Å²) >= 11 is 1.05. The van der Waals surface area contributed by atoms with Gasteiger partial charge in [0.2, 0.25) is 11.7 Å². The predicted octanol–water partition coefficient (Wildman–Crippen LogP) is 7.43. The van der Waals surface area contributed by atoms with Crippen molar-refractivity contribution in [2.24, 2.45) is 0 Å². The smallest absolute Gasteiger partial charge is 0.416 e. The Balaban J connectivity index is 1.45. The van der Waals surface area contributed by atoms with Crippen molar-refractivity contribution >= 4 is 33.8 Å². The number of alkyl halides is 3. The Morgan fingerprint density at radius 3 is 2.62 bits per heavy atom. The molecule has 0 fully saturated rings. The van der Waals surface area contributed by atoms with Crippen molar-refractivity contribution in [2.75, 3.05) is 5.32 Å². The van der Waals surface area contributed by atoms with Gasteiger partial charge in [-0.1, -0.05) is 47.6 Å². The predicted molar refractivity (Wildman–Crippen MR) is 135 cm³/mol. The molecule has 0 aliphatic heterocycles. The lowest BCUT2D eigenvalue weighted by atomic mass is 9.95. The van der Waals surface area contributed by atoms with Crippen LogP contribution in [0.25, 0.3) is 22.2 Å². The van der Waals surface area contributed by atoms with E-state index in [4.69, 9.17) is 9.63 Å². The maximum atomic E-state index is 13.7. The molecular formula is C27H20F3N3O3S. The Labute approximate surface area is 213 Å². The van der Waals surface area contributed by atoms with Crippen LogP contribution in [0.15, 0.2) is 77.3 Å². The number of carbonyl (C=O) groups is 1. The minimum absolute atomic E-state index is 0.0422. The molecule has 3 aromatic carbocycles. The van der Waals surface area contributed by atoms with E-state index in [9.17, 15) is 18.0 Å². The van der Waals surface area contributed by atoms with Crippen LogP contribution in [0.5, 0.6) is 0 Å². The summed E-state index contributed by atoms with van der Waals surface area (Å²) in [6.07, 6.45) is -4.59. The van der Waals surface area contributed by atoms with Gasteiger partial charge in [-0.3, -0.25) is 0 Å². The monoisotopic (exact) mass is 523 g/mol. The number of thiophene rings is 1. The molecule has 6 nitrogen and oxygen atoms in total. The van der Waals surface area contributed by atoms with Crippen molar-refractivity contribution in [3.63, 3.8) is 0 Å². The molecule has 0 aliphatic carbocycles. The second-order valence-electron chi connectivity index (χ2n) is 8.47. The van der Waals surface area contributed by atoms with Crippen LogP contribution in [-0.4, -0.2) is 21.2 Å². The molecule has 10 heteroatoms. The number of rotatable bonds is 7. The minimum Gasteiger partial charge on any atom is -0.477 e. The standard InChI is InChI=1S/C27H20F3N3O3S/c1-15(21-8-4-6-16-5-2-3-7-22(16)21)25-32-24(33-36-25)17-11-18(27(28,29)30)13-19(12-17)31-14-20-9-10-23(37-20)26(34)35/h2-13,15,31H,14H2,1H3,(H,34,35). The Hall–Kier alpha value is -4.18. The molecule has 1 unspecified atom stereocenters. The zero-order valence-corrected chi connectivity index (χ0v) is 20.2. The molecule has 2 heterocycles. The summed E-state index contributed by atoms with van der Waals surface area (Å²) in [5.74, 6) is -1.00. The molecule has 0 bridgehead atoms. The van der Waals surface area contributed by atoms with Crippen molar-refractivity contribution in [3.8, 4) is 11.4 Å². The lowest BCUT2D eigenvalue weighted by Gasteiger charge is -2.12. The van der Waals surface area contributed by atoms with E-state index in [1.807, 2.05) is 49.4 Å². The number of nitrogens with one attached hydrogen (secondary N) is 1. The molecule has 2 N–H and O–H groups in total. The zero-order valence-electron chi connectivity index (χ0n) is 19.4. The number of hydrogen-bond donors (Lipinski definition) is 2. The number of halogens is 3. The van der Waals surface area contributed by atoms with Crippen LogP contribution in [0.3, 0.4) is 0 Å². The summed E-state index contributed by atoms with van der Waals surface area (Å²) in [6, 6.07) is 20.3. The fraction of sp³-hybridized carbons (Fsp3) is 0.148. The molecule has 0 aliphatic rings. The third-order valence-electron chi connectivity index (χ3n) is 5.96. The van der Waals surface area contributed by atoms with Gasteiger partial charge in [-0.2, -0.15) is 18.2 Å². The Morgan fingerprint density at radius 2 is 1.86 bits per heavy atom. The summed E-state index contributed by atoms with van der Waals surface area (Å²) in [4.78, 5) is 16.3. The van der Waals surface area contributed by atoms with Gasteiger partial charge < -0.3 is 14.9 Å². The molecule has 2 aromatic heterocycles. The molecule has 5 aromatic rings. The van der Waals surface area contributed by atoms with E-state index >= 15 is 0 Å². The molecule has 0 amide bonds. The van der Waals surface area contributed by atoms with Crippen LogP contribution in [0.4, 0.5) is 18.9 Å². The van der Waals surface area contributed by atoms with Crippen molar-refractivity contribution in [1.29, 1.82) is 0 Å². The second kappa shape index (κ2) is 9.70. The van der Waals surface area contributed by atoms with Crippen LogP contribution >= 0.6 is 11.3 Å². The fourth-order valence-electron chi connectivity index (χ4n) is 4.09. The van der Waals surface area contributed by atoms with E-state index < -0.39 is 17.7 Å². The van der Waals surface area contributed by atoms with Crippen molar-refractivity contribution in [2.45, 2.75) is 25.6 Å². The lowest BCUT2D eigenvalue weighted by molar-refractivity contribution is -0.137. The number of benzene rings is 3. The first-order valence-electron chi connectivity index (χ1n) is 11.3. The molecule has 0 saturated heterocycles. The highest BCUT2D eigenvalue weighted by Crippen LogP contribution is 2.36. The number of aromatic carboxylic acids is 1. The SMILES string of the molecule is CC(c1nc(-c2cc(NCc3ccc(C(=O)O)s3)cc(C(F)(F)F)c2)no1)c1cccc2ccccc12. The van der Waals surface area contributed by atoms with E-state index in [-0.39, 0.29) is 40.3 Å². The first-order chi connectivity index (χ1) is 17.7. The van der Waals surface area contributed by atoms with Gasteiger partial charge in [0.15, 0.2) is 0 Å². The van der Waals surface area contributed by atoms with E-state index in [0.29, 0.717) is 4.88 Å². The molecular weight excluding hydrogens is 503 g/mol. The van der Waals surface area contributed by atoms with Crippen molar-refractivity contribution in [3.05, 3.63) is 99.6 Å². The normalized spacial score (nSPS) is 12.5. The third-order valence-corrected chi connectivity index (χ3v) is 7.03. The Bertz CT molecular complexity index is 1590. The molecule has 0 spiro atoms. The molecule has 1 atom stereocenters. The lowest BCUT2D eigenvalue weighted by Crippen LogP contribution is -2.07. The summed E-state index contributed by atoms with van der Waals surface area (Å²) < 4.78 is 46.5. The van der Waals surface area contributed by atoms with Crippen LogP contribution in [-0.2, 0) is 12.7 Å². The van der Waals surface area contributed by atoms with Crippen LogP contribution in [0.1, 0.15) is 44.4 Å². The third kappa shape index (κ3) is 5.19. The maximum absolute atomic E-state index is 13.7. The number of carboxylic acid groups (broad SMARTS) is 1. The molecule has 0 saturated carbocycles. The number of fused-ring (bicyclic) bond motifs is 1. The van der Waals surface area contributed by atoms with Crippen molar-refractivity contribution in [1.82, 2.24) is 10.1 Å². The minimum atomic E-state index is -4.59. The molecule has 5 rings (SSSR count). The highest BCUT2D eigenvalue weighted by Gasteiger charge is 2.32. The highest BCUT2D eigenvalue weighted by atomic mass is 32.1. The van der Waals surface area contributed by atoms with Crippen molar-refractivity contribution < 1.29 is 27.6 Å². The second-order valence-corrected chi connectivity index (χ2v) is 9.64. The van der Waals surface area contributed by atoms with E-state index in [1.54, 1.807) is 6.07 Å². The van der Waals surface area contributed by atoms with Gasteiger partial charge >= 0.3 is 12.1 Å². The van der Waals surface area contributed by atoms with Gasteiger partial charge in [0, 0.05) is 22.7 Å². The summed E-state index contributed by atoms with van der Waals surface area (Å²) in [7, 11) is 0. The van der Waals surface area contributed by atoms with Gasteiger partial charge in [-0.25, -0.2) is 4.79 Å². The van der Waals surface area contributed by atoms with E-state index in [1.165, 1.54) is 12.1 Å². The Kier molecular flexibility index (Phi) is 6.43. The first-order valence-corrected chi connectivity index (χ1v) is 12.1. The number of hydrogen-bond acceptors (Lipinski definition) is 6. The molecule has 0 radical (unpaired) electrons. The van der Waals surface area contributed by atoms with Gasteiger partial charge in [0.25, 0.3) is 0 Å². The fourth-order valence-corrected chi connectivity index (χ4v) is 4.88. The summed E-state index contributed by atoms with van der Waals surface area (Å²) in [5, 5.41) is 18.1. The number of aromatic nitrogens is 2. The van der Waals surface area contributed by atoms with Gasteiger partial charge in [-0.15, -0.1) is 11.3 Å². The number of nitrogens with zero attached hydrogens (tertiary/aromatic N) is 2. The highest BCUT2D eigenvalue weighted by molar-refractivity contribution is 7.13. The first kappa shape index (κ1) is 24.5. The largest absolute Gasteiger partial charge is 0.477 e. The van der Waals surface area contributed by atoms with Crippen LogP contribution < -0.4 is 5.32 Å². The van der Waals surface area contributed by atoms with Gasteiger partial charge in [0.1, 0.15) is 4.88 Å². The maximum Gasteiger partial charge on any atom is 0.416 e. The quantitative estimate of drug-likeness (QED) is 0.231. The molecule has 37 heavy (non-hydrogen) atoms. The molecule has 188 valence electrons. The number of anilines is 1. The average Bonchev–Trinajstić information content (AvgIpc) is 3.56. The summed E-state index contributed by atoms with van der Waals surface area (Å²) in [6.45, 7) is 2.07. The average molecular weight is 524 g/mol. The van der Waals surface area contributed by atoms with E-state index in [0.717, 1.165) is 39.8 Å². The number of carboxylic acids is 1. The zero-order chi connectivity index (χ0) is 26.2. The van der Waals surface area contributed by atoms with Crippen LogP contribution in [0.2, 0.25) is 0 Å².